The van der Waals surface area contributed by atoms with Gasteiger partial charge in [0.15, 0.2) is 0 Å². The van der Waals surface area contributed by atoms with E-state index in [0.29, 0.717) is 13.2 Å². The first kappa shape index (κ1) is 15.3. The number of carbonyl (C=O) groups excluding carboxylic acids is 1. The third-order valence-electron chi connectivity index (χ3n) is 2.95. The lowest BCUT2D eigenvalue weighted by molar-refractivity contribution is -0.137. The van der Waals surface area contributed by atoms with Gasteiger partial charge in [-0.15, -0.1) is 0 Å². The van der Waals surface area contributed by atoms with Crippen molar-refractivity contribution in [2.75, 3.05) is 25.1 Å². The number of amides is 1. The van der Waals surface area contributed by atoms with Gasteiger partial charge in [-0.05, 0) is 18.2 Å². The Morgan fingerprint density at radius 2 is 2.24 bits per heavy atom. The van der Waals surface area contributed by atoms with Crippen LogP contribution in [0, 0.1) is 11.3 Å². The zero-order valence-corrected chi connectivity index (χ0v) is 10.8. The Morgan fingerprint density at radius 3 is 2.81 bits per heavy atom. The van der Waals surface area contributed by atoms with Crippen molar-refractivity contribution in [3.63, 3.8) is 0 Å². The van der Waals surface area contributed by atoms with Crippen LogP contribution in [0.1, 0.15) is 11.1 Å². The number of carbonyl (C=O) groups is 1. The van der Waals surface area contributed by atoms with Crippen LogP contribution in [0.5, 0.6) is 0 Å². The van der Waals surface area contributed by atoms with Crippen molar-refractivity contribution in [1.29, 1.82) is 5.26 Å². The predicted octanol–water partition coefficient (Wildman–Crippen LogP) is 1.50. The minimum atomic E-state index is -4.65. The number of halogens is 3. The van der Waals surface area contributed by atoms with E-state index in [1.54, 1.807) is 0 Å². The fraction of sp³-hybridized carbons (Fsp3) is 0.385. The summed E-state index contributed by atoms with van der Waals surface area (Å²) in [6.45, 7) is 1.15. The van der Waals surface area contributed by atoms with Gasteiger partial charge >= 0.3 is 6.18 Å². The fourth-order valence-electron chi connectivity index (χ4n) is 1.92. The summed E-state index contributed by atoms with van der Waals surface area (Å²) in [6, 6.07) is 3.91. The van der Waals surface area contributed by atoms with E-state index in [0.717, 1.165) is 12.1 Å². The van der Waals surface area contributed by atoms with Gasteiger partial charge in [-0.2, -0.15) is 18.4 Å². The molecule has 2 N–H and O–H groups in total. The number of nitriles is 1. The summed E-state index contributed by atoms with van der Waals surface area (Å²) in [4.78, 5) is 11.9. The Hall–Kier alpha value is -2.11. The van der Waals surface area contributed by atoms with E-state index in [4.69, 9.17) is 10.00 Å². The van der Waals surface area contributed by atoms with Crippen molar-refractivity contribution in [2.24, 2.45) is 0 Å². The van der Waals surface area contributed by atoms with Gasteiger partial charge in [-0.25, -0.2) is 0 Å². The van der Waals surface area contributed by atoms with E-state index in [-0.39, 0.29) is 12.3 Å². The number of hydrogen-bond acceptors (Lipinski definition) is 4. The van der Waals surface area contributed by atoms with Gasteiger partial charge in [-0.1, -0.05) is 0 Å². The maximum Gasteiger partial charge on any atom is 0.417 e. The van der Waals surface area contributed by atoms with E-state index >= 15 is 0 Å². The van der Waals surface area contributed by atoms with Crippen LogP contribution >= 0.6 is 0 Å². The number of rotatable bonds is 2. The molecule has 1 aromatic carbocycles. The monoisotopic (exact) mass is 299 g/mol. The number of benzene rings is 1. The van der Waals surface area contributed by atoms with E-state index in [1.165, 1.54) is 12.1 Å². The van der Waals surface area contributed by atoms with E-state index in [2.05, 4.69) is 10.6 Å². The van der Waals surface area contributed by atoms with E-state index < -0.39 is 29.3 Å². The van der Waals surface area contributed by atoms with Crippen LogP contribution in [0.15, 0.2) is 18.2 Å². The molecule has 1 aromatic rings. The third kappa shape index (κ3) is 3.71. The number of alkyl halides is 3. The molecule has 1 atom stereocenters. The molecule has 1 heterocycles. The lowest BCUT2D eigenvalue weighted by Gasteiger charge is -2.23. The molecule has 0 aromatic heterocycles. The molecule has 1 unspecified atom stereocenters. The maximum atomic E-state index is 12.8. The molecule has 2 rings (SSSR count). The molecule has 1 aliphatic heterocycles. The third-order valence-corrected chi connectivity index (χ3v) is 2.95. The number of hydrogen-bond donors (Lipinski definition) is 2. The first-order valence-electron chi connectivity index (χ1n) is 6.15. The molecule has 112 valence electrons. The van der Waals surface area contributed by atoms with Crippen LogP contribution < -0.4 is 10.6 Å². The highest BCUT2D eigenvalue weighted by atomic mass is 19.4. The zero-order valence-electron chi connectivity index (χ0n) is 10.8. The highest BCUT2D eigenvalue weighted by molar-refractivity contribution is 5.95. The molecule has 1 amide bonds. The molecule has 5 nitrogen and oxygen atoms in total. The van der Waals surface area contributed by atoms with Crippen LogP contribution in [-0.2, 0) is 15.7 Å². The number of nitrogens with zero attached hydrogens (tertiary/aromatic N) is 1. The molecule has 0 bridgehead atoms. The standard InChI is InChI=1S/C13H12F3N3O2/c14-13(15,16)10-5-9(2-1-8(10)6-17)19-12(20)11-7-21-4-3-18-11/h1-2,5,11,18H,3-4,7H2,(H,19,20). The summed E-state index contributed by atoms with van der Waals surface area (Å²) in [5.41, 5.74) is -1.58. The molecule has 0 aliphatic carbocycles. The minimum absolute atomic E-state index is 0.0151. The van der Waals surface area contributed by atoms with Gasteiger partial charge in [0.05, 0.1) is 30.4 Å². The van der Waals surface area contributed by atoms with Gasteiger partial charge in [0.25, 0.3) is 0 Å². The summed E-state index contributed by atoms with van der Waals surface area (Å²) < 4.78 is 43.5. The van der Waals surface area contributed by atoms with Crippen LogP contribution in [0.25, 0.3) is 0 Å². The Morgan fingerprint density at radius 1 is 1.48 bits per heavy atom. The first-order valence-corrected chi connectivity index (χ1v) is 6.15. The normalized spacial score (nSPS) is 18.9. The number of nitrogens with one attached hydrogen (secondary N) is 2. The quantitative estimate of drug-likeness (QED) is 0.868. The summed E-state index contributed by atoms with van der Waals surface area (Å²) in [6.07, 6.45) is -4.65. The lowest BCUT2D eigenvalue weighted by Crippen LogP contribution is -2.48. The van der Waals surface area contributed by atoms with Crippen molar-refractivity contribution in [1.82, 2.24) is 5.32 Å². The van der Waals surface area contributed by atoms with Crippen molar-refractivity contribution >= 4 is 11.6 Å². The molecule has 1 aliphatic rings. The van der Waals surface area contributed by atoms with Crippen LogP contribution in [0.2, 0.25) is 0 Å². The Balaban J connectivity index is 2.17. The second-order valence-corrected chi connectivity index (χ2v) is 4.44. The second kappa shape index (κ2) is 6.11. The molecular weight excluding hydrogens is 287 g/mol. The zero-order chi connectivity index (χ0) is 15.5. The highest BCUT2D eigenvalue weighted by Crippen LogP contribution is 2.33. The Bertz CT molecular complexity index is 575. The van der Waals surface area contributed by atoms with Crippen LogP contribution in [-0.4, -0.2) is 31.7 Å². The van der Waals surface area contributed by atoms with Gasteiger partial charge < -0.3 is 15.4 Å². The number of morpholine rings is 1. The van der Waals surface area contributed by atoms with Gasteiger partial charge in [-0.3, -0.25) is 4.79 Å². The van der Waals surface area contributed by atoms with Crippen molar-refractivity contribution < 1.29 is 22.7 Å². The summed E-state index contributed by atoms with van der Waals surface area (Å²) >= 11 is 0. The summed E-state index contributed by atoms with van der Waals surface area (Å²) in [5.74, 6) is -0.479. The van der Waals surface area contributed by atoms with Crippen molar-refractivity contribution in [3.8, 4) is 6.07 Å². The van der Waals surface area contributed by atoms with Crippen LogP contribution in [0.4, 0.5) is 18.9 Å². The fourth-order valence-corrected chi connectivity index (χ4v) is 1.92. The molecule has 21 heavy (non-hydrogen) atoms. The smallest absolute Gasteiger partial charge is 0.378 e. The van der Waals surface area contributed by atoms with Crippen molar-refractivity contribution in [3.05, 3.63) is 29.3 Å². The topological polar surface area (TPSA) is 74.2 Å². The predicted molar refractivity (Wildman–Crippen MR) is 67.4 cm³/mol. The SMILES string of the molecule is N#Cc1ccc(NC(=O)C2COCCN2)cc1C(F)(F)F. The number of ether oxygens (including phenoxy) is 1. The van der Waals surface area contributed by atoms with E-state index in [9.17, 15) is 18.0 Å². The second-order valence-electron chi connectivity index (χ2n) is 4.44. The molecular formula is C13H12F3N3O2. The molecule has 1 fully saturated rings. The minimum Gasteiger partial charge on any atom is -0.378 e. The Labute approximate surface area is 118 Å². The molecule has 1 saturated heterocycles. The lowest BCUT2D eigenvalue weighted by atomic mass is 10.1. The van der Waals surface area contributed by atoms with Crippen molar-refractivity contribution in [2.45, 2.75) is 12.2 Å². The first-order chi connectivity index (χ1) is 9.91. The average Bonchev–Trinajstić information content (AvgIpc) is 2.47. The average molecular weight is 299 g/mol. The molecule has 0 spiro atoms. The number of anilines is 1. The van der Waals surface area contributed by atoms with Crippen LogP contribution in [0.3, 0.4) is 0 Å². The molecule has 0 radical (unpaired) electrons. The van der Waals surface area contributed by atoms with Gasteiger partial charge in [0.1, 0.15) is 6.04 Å². The summed E-state index contributed by atoms with van der Waals surface area (Å²) in [5, 5.41) is 14.0. The van der Waals surface area contributed by atoms with E-state index in [1.807, 2.05) is 0 Å². The maximum absolute atomic E-state index is 12.8. The molecule has 0 saturated carbocycles. The molecule has 8 heteroatoms. The highest BCUT2D eigenvalue weighted by Gasteiger charge is 2.34. The summed E-state index contributed by atoms with van der Waals surface area (Å²) in [7, 11) is 0. The van der Waals surface area contributed by atoms with Gasteiger partial charge in [0, 0.05) is 12.2 Å². The Kier molecular flexibility index (Phi) is 4.45. The largest absolute Gasteiger partial charge is 0.417 e. The van der Waals surface area contributed by atoms with Gasteiger partial charge in [0.2, 0.25) is 5.91 Å².